The molecule has 1 aliphatic rings. The molecule has 0 saturated carbocycles. The van der Waals surface area contributed by atoms with Crippen molar-refractivity contribution in [3.8, 4) is 0 Å². The van der Waals surface area contributed by atoms with E-state index in [0.717, 1.165) is 29.0 Å². The zero-order valence-electron chi connectivity index (χ0n) is 18.2. The summed E-state index contributed by atoms with van der Waals surface area (Å²) in [7, 11) is 0. The number of carbonyl (C=O) groups is 2. The molecule has 30 heavy (non-hydrogen) atoms. The Bertz CT molecular complexity index is 900. The first-order valence-corrected chi connectivity index (χ1v) is 11.1. The summed E-state index contributed by atoms with van der Waals surface area (Å²) in [5, 5.41) is 3.74. The van der Waals surface area contributed by atoms with Gasteiger partial charge < -0.3 is 10.2 Å². The van der Waals surface area contributed by atoms with Crippen LogP contribution in [0.5, 0.6) is 0 Å². The van der Waals surface area contributed by atoms with Gasteiger partial charge in [-0.15, -0.1) is 0 Å². The van der Waals surface area contributed by atoms with Crippen molar-refractivity contribution in [2.75, 3.05) is 13.1 Å². The minimum Gasteiger partial charge on any atom is -0.341 e. The maximum Gasteiger partial charge on any atom is 0.252 e. The van der Waals surface area contributed by atoms with Gasteiger partial charge in [-0.1, -0.05) is 55.3 Å². The molecule has 160 valence electrons. The zero-order chi connectivity index (χ0) is 21.8. The molecule has 0 aliphatic carbocycles. The fourth-order valence-corrected chi connectivity index (χ4v) is 4.20. The van der Waals surface area contributed by atoms with Crippen molar-refractivity contribution in [2.24, 2.45) is 5.92 Å². The smallest absolute Gasteiger partial charge is 0.252 e. The quantitative estimate of drug-likeness (QED) is 0.721. The van der Waals surface area contributed by atoms with Gasteiger partial charge in [-0.05, 0) is 67.9 Å². The van der Waals surface area contributed by atoms with Gasteiger partial charge in [-0.3, -0.25) is 9.59 Å². The van der Waals surface area contributed by atoms with Crippen LogP contribution in [0, 0.1) is 19.8 Å². The van der Waals surface area contributed by atoms with E-state index >= 15 is 0 Å². The van der Waals surface area contributed by atoms with Gasteiger partial charge in [0.1, 0.15) is 6.04 Å². The van der Waals surface area contributed by atoms with E-state index in [4.69, 9.17) is 11.6 Å². The lowest BCUT2D eigenvalue weighted by atomic mass is 9.89. The minimum absolute atomic E-state index is 0.0122. The summed E-state index contributed by atoms with van der Waals surface area (Å²) in [4.78, 5) is 28.0. The van der Waals surface area contributed by atoms with E-state index in [1.54, 1.807) is 0 Å². The molecule has 1 heterocycles. The molecule has 2 amide bonds. The summed E-state index contributed by atoms with van der Waals surface area (Å²) in [6.45, 7) is 9.25. The van der Waals surface area contributed by atoms with Gasteiger partial charge in [-0.2, -0.15) is 0 Å². The first kappa shape index (κ1) is 22.4. The standard InChI is InChI=1S/C25H31ClN2O2/c1-16(2)23(27-24(29)22-15-17(3)5-6-18(22)4)25(30)28-13-11-20(12-14-28)19-7-9-21(26)10-8-19/h5-10,15-16,20,23H,11-14H2,1-4H3,(H,27,29). The number of carbonyl (C=O) groups excluding carboxylic acids is 2. The number of amides is 2. The van der Waals surface area contributed by atoms with Crippen molar-refractivity contribution < 1.29 is 9.59 Å². The molecule has 0 bridgehead atoms. The Balaban J connectivity index is 1.65. The molecule has 2 aromatic carbocycles. The van der Waals surface area contributed by atoms with Crippen LogP contribution in [0.25, 0.3) is 0 Å². The van der Waals surface area contributed by atoms with Crippen LogP contribution in [-0.2, 0) is 4.79 Å². The predicted molar refractivity (Wildman–Crippen MR) is 122 cm³/mol. The number of hydrogen-bond acceptors (Lipinski definition) is 2. The van der Waals surface area contributed by atoms with E-state index in [9.17, 15) is 9.59 Å². The van der Waals surface area contributed by atoms with Crippen LogP contribution in [-0.4, -0.2) is 35.8 Å². The number of benzene rings is 2. The van der Waals surface area contributed by atoms with Gasteiger partial charge in [0.15, 0.2) is 0 Å². The lowest BCUT2D eigenvalue weighted by Gasteiger charge is -2.35. The second kappa shape index (κ2) is 9.65. The molecular weight excluding hydrogens is 396 g/mol. The highest BCUT2D eigenvalue weighted by atomic mass is 35.5. The van der Waals surface area contributed by atoms with Gasteiger partial charge in [0.25, 0.3) is 5.91 Å². The molecular formula is C25H31ClN2O2. The number of nitrogens with one attached hydrogen (secondary N) is 1. The van der Waals surface area contributed by atoms with Gasteiger partial charge in [-0.25, -0.2) is 0 Å². The van der Waals surface area contributed by atoms with E-state index in [-0.39, 0.29) is 17.7 Å². The van der Waals surface area contributed by atoms with Gasteiger partial charge >= 0.3 is 0 Å². The third-order valence-corrected chi connectivity index (χ3v) is 6.26. The lowest BCUT2D eigenvalue weighted by molar-refractivity contribution is -0.135. The fraction of sp³-hybridized carbons (Fsp3) is 0.440. The van der Waals surface area contributed by atoms with Crippen molar-refractivity contribution in [1.82, 2.24) is 10.2 Å². The summed E-state index contributed by atoms with van der Waals surface area (Å²) in [6.07, 6.45) is 1.84. The molecule has 1 N–H and O–H groups in total. The molecule has 1 saturated heterocycles. The fourth-order valence-electron chi connectivity index (χ4n) is 4.08. The molecule has 4 nitrogen and oxygen atoms in total. The Morgan fingerprint density at radius 2 is 1.67 bits per heavy atom. The summed E-state index contributed by atoms with van der Waals surface area (Å²) < 4.78 is 0. The average molecular weight is 427 g/mol. The number of halogens is 1. The second-order valence-corrected chi connectivity index (χ2v) is 9.10. The average Bonchev–Trinajstić information content (AvgIpc) is 2.73. The van der Waals surface area contributed by atoms with Crippen LogP contribution in [0.15, 0.2) is 42.5 Å². The van der Waals surface area contributed by atoms with Gasteiger partial charge in [0.2, 0.25) is 5.91 Å². The van der Waals surface area contributed by atoms with Crippen molar-refractivity contribution >= 4 is 23.4 Å². The van der Waals surface area contributed by atoms with Crippen molar-refractivity contribution in [3.63, 3.8) is 0 Å². The third-order valence-electron chi connectivity index (χ3n) is 6.01. The molecule has 1 fully saturated rings. The summed E-state index contributed by atoms with van der Waals surface area (Å²) in [5.41, 5.74) is 3.85. The highest BCUT2D eigenvalue weighted by molar-refractivity contribution is 6.30. The first-order chi connectivity index (χ1) is 14.3. The molecule has 1 unspecified atom stereocenters. The van der Waals surface area contributed by atoms with Crippen LogP contribution in [0.3, 0.4) is 0 Å². The Morgan fingerprint density at radius 1 is 1.03 bits per heavy atom. The number of hydrogen-bond donors (Lipinski definition) is 1. The van der Waals surface area contributed by atoms with E-state index in [1.165, 1.54) is 5.56 Å². The van der Waals surface area contributed by atoms with Gasteiger partial charge in [0.05, 0.1) is 0 Å². The zero-order valence-corrected chi connectivity index (χ0v) is 19.0. The SMILES string of the molecule is Cc1ccc(C)c(C(=O)NC(C(=O)N2CCC(c3ccc(Cl)cc3)CC2)C(C)C)c1. The van der Waals surface area contributed by atoms with E-state index in [1.807, 2.05) is 62.9 Å². The van der Waals surface area contributed by atoms with Crippen LogP contribution >= 0.6 is 11.6 Å². The Morgan fingerprint density at radius 3 is 2.27 bits per heavy atom. The van der Waals surface area contributed by atoms with Crippen molar-refractivity contribution in [1.29, 1.82) is 0 Å². The number of aryl methyl sites for hydroxylation is 2. The summed E-state index contributed by atoms with van der Waals surface area (Å²) in [5.74, 6) is 0.284. The highest BCUT2D eigenvalue weighted by Gasteiger charge is 2.32. The maximum atomic E-state index is 13.2. The van der Waals surface area contributed by atoms with Crippen molar-refractivity contribution in [2.45, 2.75) is 52.5 Å². The lowest BCUT2D eigenvalue weighted by Crippen LogP contribution is -2.52. The highest BCUT2D eigenvalue weighted by Crippen LogP contribution is 2.29. The first-order valence-electron chi connectivity index (χ1n) is 10.7. The topological polar surface area (TPSA) is 49.4 Å². The summed E-state index contributed by atoms with van der Waals surface area (Å²) in [6, 6.07) is 13.3. The monoisotopic (exact) mass is 426 g/mol. The number of nitrogens with zero attached hydrogens (tertiary/aromatic N) is 1. The molecule has 1 atom stereocenters. The Kier molecular flexibility index (Phi) is 7.19. The normalized spacial score (nSPS) is 15.9. The molecule has 3 rings (SSSR count). The molecule has 2 aromatic rings. The third kappa shape index (κ3) is 5.23. The molecule has 0 radical (unpaired) electrons. The van der Waals surface area contributed by atoms with E-state index in [0.29, 0.717) is 24.6 Å². The molecule has 0 spiro atoms. The van der Waals surface area contributed by atoms with Crippen LogP contribution in [0.2, 0.25) is 5.02 Å². The van der Waals surface area contributed by atoms with Crippen LogP contribution < -0.4 is 5.32 Å². The summed E-state index contributed by atoms with van der Waals surface area (Å²) >= 11 is 6.00. The number of likely N-dealkylation sites (tertiary alicyclic amines) is 1. The largest absolute Gasteiger partial charge is 0.341 e. The molecule has 0 aromatic heterocycles. The molecule has 1 aliphatic heterocycles. The van der Waals surface area contributed by atoms with Crippen LogP contribution in [0.1, 0.15) is 59.7 Å². The second-order valence-electron chi connectivity index (χ2n) is 8.66. The number of piperidine rings is 1. The predicted octanol–water partition coefficient (Wildman–Crippen LogP) is 5.12. The molecule has 5 heteroatoms. The maximum absolute atomic E-state index is 13.2. The Hall–Kier alpha value is -2.33. The van der Waals surface area contributed by atoms with E-state index < -0.39 is 6.04 Å². The Labute approximate surface area is 184 Å². The van der Waals surface area contributed by atoms with Crippen LogP contribution in [0.4, 0.5) is 0 Å². The number of rotatable bonds is 5. The minimum atomic E-state index is -0.524. The van der Waals surface area contributed by atoms with Crippen molar-refractivity contribution in [3.05, 3.63) is 69.7 Å². The van der Waals surface area contributed by atoms with E-state index in [2.05, 4.69) is 17.4 Å². The van der Waals surface area contributed by atoms with Gasteiger partial charge in [0, 0.05) is 23.7 Å².